The Hall–Kier alpha value is -2.56. The minimum Gasteiger partial charge on any atom is -0.497 e. The smallest absolute Gasteiger partial charge is 0.260 e. The fourth-order valence-corrected chi connectivity index (χ4v) is 2.39. The summed E-state index contributed by atoms with van der Waals surface area (Å²) in [6.45, 7) is 2.20. The molecule has 0 bridgehead atoms. The molecule has 1 heterocycles. The zero-order valence-corrected chi connectivity index (χ0v) is 12.4. The van der Waals surface area contributed by atoms with E-state index in [2.05, 4.69) is 0 Å². The monoisotopic (exact) mass is 301 g/mol. The van der Waals surface area contributed by atoms with Crippen molar-refractivity contribution in [1.29, 1.82) is 0 Å². The van der Waals surface area contributed by atoms with Crippen molar-refractivity contribution in [3.63, 3.8) is 0 Å². The quantitative estimate of drug-likeness (QED) is 0.874. The van der Waals surface area contributed by atoms with Gasteiger partial charge in [0.1, 0.15) is 17.3 Å². The van der Waals surface area contributed by atoms with Crippen LogP contribution in [-0.4, -0.2) is 24.6 Å². The highest BCUT2D eigenvalue weighted by Gasteiger charge is 2.26. The number of rotatable bonds is 3. The van der Waals surface area contributed by atoms with Gasteiger partial charge in [-0.05, 0) is 42.3 Å². The maximum absolute atomic E-state index is 13.7. The summed E-state index contributed by atoms with van der Waals surface area (Å²) < 4.78 is 24.4. The van der Waals surface area contributed by atoms with E-state index in [4.69, 9.17) is 9.47 Å². The molecule has 3 rings (SSSR count). The van der Waals surface area contributed by atoms with E-state index in [0.717, 1.165) is 11.3 Å². The Balaban J connectivity index is 1.81. The van der Waals surface area contributed by atoms with Crippen molar-refractivity contribution in [3.05, 3.63) is 58.9 Å². The molecule has 2 aromatic carbocycles. The average molecular weight is 301 g/mol. The number of benzene rings is 2. The van der Waals surface area contributed by atoms with Gasteiger partial charge in [0.15, 0.2) is 6.73 Å². The van der Waals surface area contributed by atoms with E-state index in [-0.39, 0.29) is 18.2 Å². The molecule has 1 aliphatic rings. The van der Waals surface area contributed by atoms with Crippen LogP contribution in [0, 0.1) is 12.7 Å². The van der Waals surface area contributed by atoms with Crippen LogP contribution in [0.3, 0.4) is 0 Å². The molecule has 0 saturated heterocycles. The van der Waals surface area contributed by atoms with E-state index >= 15 is 0 Å². The molecule has 1 aliphatic heterocycles. The number of carbonyl (C=O) groups excluding carboxylic acids is 1. The van der Waals surface area contributed by atoms with Crippen molar-refractivity contribution in [2.24, 2.45) is 0 Å². The maximum Gasteiger partial charge on any atom is 0.260 e. The Labute approximate surface area is 128 Å². The Bertz CT molecular complexity index is 713. The predicted molar refractivity (Wildman–Crippen MR) is 79.5 cm³/mol. The molecule has 1 amide bonds. The molecule has 0 aliphatic carbocycles. The highest BCUT2D eigenvalue weighted by atomic mass is 19.1. The van der Waals surface area contributed by atoms with E-state index in [9.17, 15) is 9.18 Å². The van der Waals surface area contributed by atoms with E-state index < -0.39 is 5.82 Å². The summed E-state index contributed by atoms with van der Waals surface area (Å²) in [5.41, 5.74) is 1.69. The fraction of sp³-hybridized carbons (Fsp3) is 0.235. The normalized spacial score (nSPS) is 13.6. The topological polar surface area (TPSA) is 38.8 Å². The van der Waals surface area contributed by atoms with Crippen LogP contribution in [0.2, 0.25) is 0 Å². The van der Waals surface area contributed by atoms with Gasteiger partial charge < -0.3 is 14.4 Å². The van der Waals surface area contributed by atoms with E-state index in [1.54, 1.807) is 25.0 Å². The largest absolute Gasteiger partial charge is 0.497 e. The summed E-state index contributed by atoms with van der Waals surface area (Å²) in [5, 5.41) is 0. The van der Waals surface area contributed by atoms with E-state index in [1.165, 1.54) is 6.07 Å². The van der Waals surface area contributed by atoms with E-state index in [0.29, 0.717) is 17.9 Å². The van der Waals surface area contributed by atoms with Crippen LogP contribution in [0.25, 0.3) is 0 Å². The first kappa shape index (κ1) is 14.4. The number of amides is 1. The molecule has 114 valence electrons. The summed E-state index contributed by atoms with van der Waals surface area (Å²) in [4.78, 5) is 14.0. The van der Waals surface area contributed by atoms with Crippen molar-refractivity contribution in [2.75, 3.05) is 13.8 Å². The number of fused-ring (bicyclic) bond motifs is 1. The van der Waals surface area contributed by atoms with Gasteiger partial charge in [-0.3, -0.25) is 4.79 Å². The summed E-state index contributed by atoms with van der Waals surface area (Å²) in [6, 6.07) is 10.2. The number of hydrogen-bond acceptors (Lipinski definition) is 3. The van der Waals surface area contributed by atoms with Crippen LogP contribution < -0.4 is 9.47 Å². The van der Waals surface area contributed by atoms with Crippen molar-refractivity contribution in [3.8, 4) is 11.5 Å². The standard InChI is InChI=1S/C17H16FNO3/c1-11-7-16-14(8-15(11)18)17(20)19(10-22-16)9-12-3-5-13(21-2)6-4-12/h3-8H,9-10H2,1-2H3. The molecule has 22 heavy (non-hydrogen) atoms. The summed E-state index contributed by atoms with van der Waals surface area (Å²) in [6.07, 6.45) is 0. The lowest BCUT2D eigenvalue weighted by atomic mass is 10.1. The third-order valence-electron chi connectivity index (χ3n) is 3.69. The zero-order valence-electron chi connectivity index (χ0n) is 12.4. The number of carbonyl (C=O) groups is 1. The maximum atomic E-state index is 13.7. The molecule has 5 heteroatoms. The van der Waals surface area contributed by atoms with Crippen LogP contribution in [0.1, 0.15) is 21.5 Å². The molecule has 0 unspecified atom stereocenters. The van der Waals surface area contributed by atoms with Gasteiger partial charge in [-0.2, -0.15) is 0 Å². The Morgan fingerprint density at radius 3 is 2.68 bits per heavy atom. The average Bonchev–Trinajstić information content (AvgIpc) is 2.53. The van der Waals surface area contributed by atoms with Crippen molar-refractivity contribution < 1.29 is 18.7 Å². The first-order valence-electron chi connectivity index (χ1n) is 6.93. The first-order chi connectivity index (χ1) is 10.6. The second kappa shape index (κ2) is 5.67. The second-order valence-corrected chi connectivity index (χ2v) is 5.22. The van der Waals surface area contributed by atoms with Crippen molar-refractivity contribution >= 4 is 5.91 Å². The third-order valence-corrected chi connectivity index (χ3v) is 3.69. The molecule has 0 N–H and O–H groups in total. The van der Waals surface area contributed by atoms with Gasteiger partial charge in [-0.15, -0.1) is 0 Å². The van der Waals surface area contributed by atoms with Gasteiger partial charge in [-0.1, -0.05) is 12.1 Å². The summed E-state index contributed by atoms with van der Waals surface area (Å²) >= 11 is 0. The highest BCUT2D eigenvalue weighted by Crippen LogP contribution is 2.28. The number of aryl methyl sites for hydroxylation is 1. The molecule has 0 aromatic heterocycles. The molecule has 0 radical (unpaired) electrons. The molecular weight excluding hydrogens is 285 g/mol. The van der Waals surface area contributed by atoms with Gasteiger partial charge in [0.05, 0.1) is 12.7 Å². The Morgan fingerprint density at radius 2 is 2.00 bits per heavy atom. The SMILES string of the molecule is COc1ccc(CN2COc3cc(C)c(F)cc3C2=O)cc1. The minimum absolute atomic E-state index is 0.156. The molecule has 2 aromatic rings. The van der Waals surface area contributed by atoms with Crippen molar-refractivity contribution in [2.45, 2.75) is 13.5 Å². The zero-order chi connectivity index (χ0) is 15.7. The molecular formula is C17H16FNO3. The van der Waals surface area contributed by atoms with Gasteiger partial charge >= 0.3 is 0 Å². The number of methoxy groups -OCH3 is 1. The van der Waals surface area contributed by atoms with Gasteiger partial charge in [-0.25, -0.2) is 4.39 Å². The van der Waals surface area contributed by atoms with Gasteiger partial charge in [0, 0.05) is 6.54 Å². The van der Waals surface area contributed by atoms with Crippen LogP contribution in [-0.2, 0) is 6.54 Å². The van der Waals surface area contributed by atoms with Crippen LogP contribution in [0.5, 0.6) is 11.5 Å². The second-order valence-electron chi connectivity index (χ2n) is 5.22. The first-order valence-corrected chi connectivity index (χ1v) is 6.93. The number of halogens is 1. The van der Waals surface area contributed by atoms with Crippen molar-refractivity contribution in [1.82, 2.24) is 4.90 Å². The minimum atomic E-state index is -0.401. The van der Waals surface area contributed by atoms with Gasteiger partial charge in [0.2, 0.25) is 0 Å². The lowest BCUT2D eigenvalue weighted by molar-refractivity contribution is 0.0497. The lowest BCUT2D eigenvalue weighted by Crippen LogP contribution is -2.38. The summed E-state index contributed by atoms with van der Waals surface area (Å²) in [7, 11) is 1.60. The van der Waals surface area contributed by atoms with E-state index in [1.807, 2.05) is 24.3 Å². The van der Waals surface area contributed by atoms with Crippen LogP contribution in [0.15, 0.2) is 36.4 Å². The lowest BCUT2D eigenvalue weighted by Gasteiger charge is -2.29. The molecule has 0 fully saturated rings. The highest BCUT2D eigenvalue weighted by molar-refractivity contribution is 5.97. The Morgan fingerprint density at radius 1 is 1.27 bits per heavy atom. The number of hydrogen-bond donors (Lipinski definition) is 0. The molecule has 0 atom stereocenters. The molecule has 0 saturated carbocycles. The number of ether oxygens (including phenoxy) is 2. The van der Waals surface area contributed by atoms with Crippen LogP contribution >= 0.6 is 0 Å². The summed E-state index contributed by atoms with van der Waals surface area (Å²) in [5.74, 6) is 0.570. The van der Waals surface area contributed by atoms with Crippen LogP contribution in [0.4, 0.5) is 4.39 Å². The predicted octanol–water partition coefficient (Wildman–Crippen LogP) is 3.14. The molecule has 0 spiro atoms. The Kier molecular flexibility index (Phi) is 3.71. The molecule has 4 nitrogen and oxygen atoms in total. The van der Waals surface area contributed by atoms with Gasteiger partial charge in [0.25, 0.3) is 5.91 Å². The fourth-order valence-electron chi connectivity index (χ4n) is 2.39. The number of nitrogens with zero attached hydrogens (tertiary/aromatic N) is 1. The third kappa shape index (κ3) is 2.62.